The molecule has 0 N–H and O–H groups in total. The Morgan fingerprint density at radius 3 is 1.62 bits per heavy atom. The van der Waals surface area contributed by atoms with Crippen molar-refractivity contribution >= 4 is 11.7 Å². The van der Waals surface area contributed by atoms with E-state index in [-0.39, 0.29) is 11.8 Å². The van der Waals surface area contributed by atoms with E-state index < -0.39 is 0 Å². The number of Topliss-reactive ketones (excluding diaryl/α,β-unsaturated/α-hetero) is 1. The zero-order chi connectivity index (χ0) is 18.9. The Balaban J connectivity index is 0.000000798. The van der Waals surface area contributed by atoms with Gasteiger partial charge in [-0.05, 0) is 51.7 Å². The minimum absolute atomic E-state index is 0.231. The lowest BCUT2D eigenvalue weighted by atomic mass is 9.95. The monoisotopic (exact) mass is 340 g/mol. The van der Waals surface area contributed by atoms with Crippen LogP contribution in [0.1, 0.15) is 61.3 Å². The van der Waals surface area contributed by atoms with Gasteiger partial charge in [-0.15, -0.1) is 0 Å². The van der Waals surface area contributed by atoms with Gasteiger partial charge in [-0.25, -0.2) is 0 Å². The molecule has 3 rings (SSSR count). The van der Waals surface area contributed by atoms with Crippen LogP contribution in [-0.2, 0) is 9.59 Å². The third-order valence-corrected chi connectivity index (χ3v) is 5.04. The summed E-state index contributed by atoms with van der Waals surface area (Å²) in [6.07, 6.45) is 1.99. The molecule has 0 bridgehead atoms. The zero-order valence-corrected chi connectivity index (χ0v) is 17.3. The average Bonchev–Trinajstić information content (AvgIpc) is 3.15. The lowest BCUT2D eigenvalue weighted by Crippen LogP contribution is -2.41. The lowest BCUT2D eigenvalue weighted by molar-refractivity contribution is -0.137. The third-order valence-electron chi connectivity index (χ3n) is 5.04. The standard InChI is InChI=1S/C14H22N2O2.3C2H6/c1-9(17)13-11-7-16(8-12(11)13)14(18)10-3-5-15(2)6-4-10;3*1-2/h10-13H,3-8H2,1-2H3;3*1-2H3. The maximum Gasteiger partial charge on any atom is 0.225 e. The van der Waals surface area contributed by atoms with Gasteiger partial charge >= 0.3 is 0 Å². The number of carbonyl (C=O) groups excluding carboxylic acids is 2. The fourth-order valence-corrected chi connectivity index (χ4v) is 3.82. The maximum absolute atomic E-state index is 12.4. The van der Waals surface area contributed by atoms with Crippen molar-refractivity contribution in [2.24, 2.45) is 23.7 Å². The first kappa shape index (κ1) is 23.1. The number of hydrogen-bond donors (Lipinski definition) is 0. The summed E-state index contributed by atoms with van der Waals surface area (Å²) in [6.45, 7) is 17.4. The Morgan fingerprint density at radius 1 is 0.833 bits per heavy atom. The van der Waals surface area contributed by atoms with E-state index in [0.717, 1.165) is 39.0 Å². The summed E-state index contributed by atoms with van der Waals surface area (Å²) >= 11 is 0. The molecule has 2 unspecified atom stereocenters. The molecule has 2 aliphatic heterocycles. The van der Waals surface area contributed by atoms with Crippen LogP contribution in [0.5, 0.6) is 0 Å². The molecule has 1 saturated carbocycles. The van der Waals surface area contributed by atoms with E-state index in [0.29, 0.717) is 23.5 Å². The van der Waals surface area contributed by atoms with Crippen molar-refractivity contribution in [1.29, 1.82) is 0 Å². The second-order valence-electron chi connectivity index (χ2n) is 6.28. The zero-order valence-electron chi connectivity index (χ0n) is 17.3. The average molecular weight is 341 g/mol. The van der Waals surface area contributed by atoms with Crippen LogP contribution >= 0.6 is 0 Å². The third kappa shape index (κ3) is 5.58. The van der Waals surface area contributed by atoms with Crippen molar-refractivity contribution in [3.05, 3.63) is 0 Å². The van der Waals surface area contributed by atoms with Crippen molar-refractivity contribution in [1.82, 2.24) is 9.80 Å². The fourth-order valence-electron chi connectivity index (χ4n) is 3.82. The molecule has 2 saturated heterocycles. The Labute approximate surface area is 150 Å². The SMILES string of the molecule is CC.CC.CC.CC(=O)C1C2CN(C(=O)C3CCN(C)CC3)CC21. The Kier molecular flexibility index (Phi) is 11.2. The highest BCUT2D eigenvalue weighted by atomic mass is 16.2. The molecule has 0 spiro atoms. The molecule has 4 heteroatoms. The summed E-state index contributed by atoms with van der Waals surface area (Å²) in [6, 6.07) is 0. The van der Waals surface area contributed by atoms with E-state index >= 15 is 0 Å². The number of ketones is 1. The van der Waals surface area contributed by atoms with Crippen LogP contribution in [0.25, 0.3) is 0 Å². The van der Waals surface area contributed by atoms with Gasteiger partial charge in [0.15, 0.2) is 0 Å². The molecule has 142 valence electrons. The Bertz CT molecular complexity index is 364. The molecule has 2 atom stereocenters. The van der Waals surface area contributed by atoms with E-state index in [1.807, 2.05) is 46.4 Å². The summed E-state index contributed by atoms with van der Waals surface area (Å²) in [5.74, 6) is 2.13. The minimum atomic E-state index is 0.231. The minimum Gasteiger partial charge on any atom is -0.342 e. The van der Waals surface area contributed by atoms with Crippen molar-refractivity contribution < 1.29 is 9.59 Å². The van der Waals surface area contributed by atoms with Crippen LogP contribution < -0.4 is 0 Å². The highest BCUT2D eigenvalue weighted by Crippen LogP contribution is 2.52. The van der Waals surface area contributed by atoms with E-state index in [1.54, 1.807) is 6.92 Å². The second kappa shape index (κ2) is 11.6. The summed E-state index contributed by atoms with van der Waals surface area (Å²) in [7, 11) is 2.11. The number of hydrogen-bond acceptors (Lipinski definition) is 3. The topological polar surface area (TPSA) is 40.6 Å². The van der Waals surface area contributed by atoms with Crippen LogP contribution in [0.15, 0.2) is 0 Å². The molecule has 0 aromatic carbocycles. The number of likely N-dealkylation sites (tertiary alicyclic amines) is 2. The molecule has 1 amide bonds. The predicted molar refractivity (Wildman–Crippen MR) is 102 cm³/mol. The smallest absolute Gasteiger partial charge is 0.225 e. The predicted octanol–water partition coefficient (Wildman–Crippen LogP) is 3.70. The number of fused-ring (bicyclic) bond motifs is 1. The largest absolute Gasteiger partial charge is 0.342 e. The van der Waals surface area contributed by atoms with Gasteiger partial charge in [0.25, 0.3) is 0 Å². The van der Waals surface area contributed by atoms with Crippen molar-refractivity contribution in [2.45, 2.75) is 61.3 Å². The van der Waals surface area contributed by atoms with E-state index in [4.69, 9.17) is 0 Å². The first-order valence-electron chi connectivity index (χ1n) is 10.1. The van der Waals surface area contributed by atoms with Gasteiger partial charge in [0.2, 0.25) is 5.91 Å². The molecule has 1 aliphatic carbocycles. The molecule has 24 heavy (non-hydrogen) atoms. The van der Waals surface area contributed by atoms with Crippen molar-refractivity contribution in [3.8, 4) is 0 Å². The maximum atomic E-state index is 12.4. The molecule has 0 aromatic heterocycles. The van der Waals surface area contributed by atoms with Crippen molar-refractivity contribution in [2.75, 3.05) is 33.2 Å². The van der Waals surface area contributed by atoms with Crippen LogP contribution in [0, 0.1) is 23.7 Å². The van der Waals surface area contributed by atoms with Crippen LogP contribution in [-0.4, -0.2) is 54.7 Å². The van der Waals surface area contributed by atoms with Gasteiger partial charge < -0.3 is 9.80 Å². The lowest BCUT2D eigenvalue weighted by Gasteiger charge is -2.31. The van der Waals surface area contributed by atoms with Crippen LogP contribution in [0.4, 0.5) is 0 Å². The molecule has 4 nitrogen and oxygen atoms in total. The van der Waals surface area contributed by atoms with Gasteiger partial charge in [-0.3, -0.25) is 9.59 Å². The molecule has 0 aromatic rings. The summed E-state index contributed by atoms with van der Waals surface area (Å²) in [5, 5.41) is 0. The van der Waals surface area contributed by atoms with Crippen LogP contribution in [0.2, 0.25) is 0 Å². The van der Waals surface area contributed by atoms with Gasteiger partial charge in [-0.1, -0.05) is 41.5 Å². The fraction of sp³-hybridized carbons (Fsp3) is 0.900. The van der Waals surface area contributed by atoms with Gasteiger partial charge in [0, 0.05) is 24.9 Å². The van der Waals surface area contributed by atoms with Gasteiger partial charge in [-0.2, -0.15) is 0 Å². The number of nitrogens with zero attached hydrogens (tertiary/aromatic N) is 2. The highest BCUT2D eigenvalue weighted by molar-refractivity contribution is 5.84. The Morgan fingerprint density at radius 2 is 1.25 bits per heavy atom. The summed E-state index contributed by atoms with van der Waals surface area (Å²) < 4.78 is 0. The highest BCUT2D eigenvalue weighted by Gasteiger charge is 2.59. The molecule has 3 aliphatic rings. The second-order valence-corrected chi connectivity index (χ2v) is 6.28. The van der Waals surface area contributed by atoms with Gasteiger partial charge in [0.1, 0.15) is 5.78 Å². The van der Waals surface area contributed by atoms with E-state index in [2.05, 4.69) is 11.9 Å². The van der Waals surface area contributed by atoms with E-state index in [9.17, 15) is 9.59 Å². The van der Waals surface area contributed by atoms with Crippen molar-refractivity contribution in [3.63, 3.8) is 0 Å². The van der Waals surface area contributed by atoms with Gasteiger partial charge in [0.05, 0.1) is 0 Å². The summed E-state index contributed by atoms with van der Waals surface area (Å²) in [5.41, 5.74) is 0. The molecule has 3 fully saturated rings. The number of amides is 1. The molecule has 0 radical (unpaired) electrons. The quantitative estimate of drug-likeness (QED) is 0.769. The number of rotatable bonds is 2. The summed E-state index contributed by atoms with van der Waals surface area (Å²) in [4.78, 5) is 28.0. The van der Waals surface area contributed by atoms with Crippen LogP contribution in [0.3, 0.4) is 0 Å². The first-order chi connectivity index (χ1) is 11.6. The molecular formula is C20H40N2O2. The molecular weight excluding hydrogens is 300 g/mol. The van der Waals surface area contributed by atoms with E-state index in [1.165, 1.54) is 0 Å². The number of carbonyl (C=O) groups is 2. The number of piperidine rings is 2. The Hall–Kier alpha value is -0.900. The first-order valence-corrected chi connectivity index (χ1v) is 10.1. The normalized spacial score (nSPS) is 28.2. The molecule has 2 heterocycles.